The Morgan fingerprint density at radius 1 is 0.971 bits per heavy atom. The van der Waals surface area contributed by atoms with Gasteiger partial charge in [-0.15, -0.1) is 0 Å². The summed E-state index contributed by atoms with van der Waals surface area (Å²) in [6.45, 7) is 2.68. The number of ether oxygens (including phenoxy) is 3. The summed E-state index contributed by atoms with van der Waals surface area (Å²) >= 11 is 7.11. The van der Waals surface area contributed by atoms with Gasteiger partial charge in [-0.3, -0.25) is 14.5 Å². The number of thioether (sulfide) groups is 1. The second kappa shape index (κ2) is 11.3. The van der Waals surface area contributed by atoms with E-state index in [0.29, 0.717) is 39.3 Å². The molecule has 8 heteroatoms. The van der Waals surface area contributed by atoms with Crippen LogP contribution < -0.4 is 14.2 Å². The van der Waals surface area contributed by atoms with Gasteiger partial charge in [-0.1, -0.05) is 53.6 Å². The molecule has 0 aromatic heterocycles. The summed E-state index contributed by atoms with van der Waals surface area (Å²) in [6.07, 6.45) is 1.67. The number of halogens is 1. The number of imide groups is 1. The third kappa shape index (κ3) is 6.18. The van der Waals surface area contributed by atoms with Gasteiger partial charge < -0.3 is 14.2 Å². The number of methoxy groups -OCH3 is 1. The van der Waals surface area contributed by atoms with Crippen molar-refractivity contribution in [2.24, 2.45) is 0 Å². The highest BCUT2D eigenvalue weighted by Gasteiger charge is 2.34. The molecule has 35 heavy (non-hydrogen) atoms. The number of carbonyl (C=O) groups is 2. The van der Waals surface area contributed by atoms with Gasteiger partial charge in [0.1, 0.15) is 19.0 Å². The first-order valence-corrected chi connectivity index (χ1v) is 12.1. The molecular weight excluding hydrogens is 486 g/mol. The standard InChI is InChI=1S/C27H24ClNO5S/c1-18-7-10-21(11-8-18)33-14-13-29-26(30)25(35-27(29)31)16-19-9-12-23(24(15-19)32-2)34-17-20-5-3-4-6-22(20)28/h3-12,15-16H,13-14,17H2,1-2H3/b25-16-. The maximum atomic E-state index is 12.8. The maximum absolute atomic E-state index is 12.8. The van der Waals surface area contributed by atoms with E-state index in [0.717, 1.165) is 22.9 Å². The van der Waals surface area contributed by atoms with E-state index in [1.165, 1.54) is 4.90 Å². The summed E-state index contributed by atoms with van der Waals surface area (Å²) in [4.78, 5) is 26.8. The highest BCUT2D eigenvalue weighted by molar-refractivity contribution is 8.18. The molecule has 1 heterocycles. The molecule has 180 valence electrons. The minimum absolute atomic E-state index is 0.175. The van der Waals surface area contributed by atoms with Crippen LogP contribution >= 0.6 is 23.4 Å². The predicted octanol–water partition coefficient (Wildman–Crippen LogP) is 6.35. The fourth-order valence-corrected chi connectivity index (χ4v) is 4.45. The average Bonchev–Trinajstić information content (AvgIpc) is 3.12. The molecule has 1 aliphatic heterocycles. The lowest BCUT2D eigenvalue weighted by Gasteiger charge is -2.13. The molecule has 1 fully saturated rings. The van der Waals surface area contributed by atoms with E-state index in [1.807, 2.05) is 55.5 Å². The van der Waals surface area contributed by atoms with Gasteiger partial charge in [0.05, 0.1) is 18.6 Å². The highest BCUT2D eigenvalue weighted by Crippen LogP contribution is 2.35. The fraction of sp³-hybridized carbons (Fsp3) is 0.185. The Morgan fingerprint density at radius 2 is 1.74 bits per heavy atom. The molecule has 0 aliphatic carbocycles. The summed E-state index contributed by atoms with van der Waals surface area (Å²) < 4.78 is 17.0. The first kappa shape index (κ1) is 24.7. The van der Waals surface area contributed by atoms with Crippen molar-refractivity contribution in [3.05, 3.63) is 93.3 Å². The Balaban J connectivity index is 1.40. The van der Waals surface area contributed by atoms with Crippen molar-refractivity contribution >= 4 is 40.6 Å². The molecular formula is C27H24ClNO5S. The minimum atomic E-state index is -0.342. The lowest BCUT2D eigenvalue weighted by molar-refractivity contribution is -0.123. The highest BCUT2D eigenvalue weighted by atomic mass is 35.5. The Bertz CT molecular complexity index is 1260. The number of hydrogen-bond acceptors (Lipinski definition) is 6. The van der Waals surface area contributed by atoms with Crippen LogP contribution in [-0.2, 0) is 11.4 Å². The normalized spacial score (nSPS) is 14.5. The first-order chi connectivity index (χ1) is 16.9. The van der Waals surface area contributed by atoms with Gasteiger partial charge in [0.2, 0.25) is 0 Å². The van der Waals surface area contributed by atoms with E-state index in [-0.39, 0.29) is 24.3 Å². The number of amides is 2. The molecule has 0 unspecified atom stereocenters. The van der Waals surface area contributed by atoms with Crippen molar-refractivity contribution in [1.29, 1.82) is 0 Å². The molecule has 2 amide bonds. The van der Waals surface area contributed by atoms with E-state index in [2.05, 4.69) is 0 Å². The molecule has 6 nitrogen and oxygen atoms in total. The average molecular weight is 510 g/mol. The van der Waals surface area contributed by atoms with Crippen LogP contribution in [-0.4, -0.2) is 36.3 Å². The van der Waals surface area contributed by atoms with E-state index in [4.69, 9.17) is 25.8 Å². The fourth-order valence-electron chi connectivity index (χ4n) is 3.40. The monoisotopic (exact) mass is 509 g/mol. The summed E-state index contributed by atoms with van der Waals surface area (Å²) in [7, 11) is 1.55. The zero-order valence-electron chi connectivity index (χ0n) is 19.3. The second-order valence-corrected chi connectivity index (χ2v) is 9.19. The molecule has 0 spiro atoms. The third-order valence-corrected chi connectivity index (χ3v) is 6.58. The zero-order chi connectivity index (χ0) is 24.8. The van der Waals surface area contributed by atoms with Crippen LogP contribution in [0.2, 0.25) is 5.02 Å². The molecule has 3 aromatic carbocycles. The molecule has 4 rings (SSSR count). The van der Waals surface area contributed by atoms with Crippen LogP contribution in [0, 0.1) is 6.92 Å². The van der Waals surface area contributed by atoms with Crippen LogP contribution in [0.3, 0.4) is 0 Å². The Kier molecular flexibility index (Phi) is 8.00. The molecule has 1 aliphatic rings. The number of hydrogen-bond donors (Lipinski definition) is 0. The number of aryl methyl sites for hydroxylation is 1. The van der Waals surface area contributed by atoms with Crippen LogP contribution in [0.4, 0.5) is 4.79 Å². The van der Waals surface area contributed by atoms with Crippen LogP contribution in [0.1, 0.15) is 16.7 Å². The second-order valence-electron chi connectivity index (χ2n) is 7.79. The summed E-state index contributed by atoms with van der Waals surface area (Å²) in [5.41, 5.74) is 2.71. The van der Waals surface area contributed by atoms with Gasteiger partial charge in [0, 0.05) is 10.6 Å². The van der Waals surface area contributed by atoms with Crippen molar-refractivity contribution in [2.45, 2.75) is 13.5 Å². The van der Waals surface area contributed by atoms with Crippen LogP contribution in [0.25, 0.3) is 6.08 Å². The largest absolute Gasteiger partial charge is 0.493 e. The van der Waals surface area contributed by atoms with Crippen LogP contribution in [0.5, 0.6) is 17.2 Å². The molecule has 3 aromatic rings. The summed E-state index contributed by atoms with van der Waals surface area (Å²) in [5.74, 6) is 1.41. The van der Waals surface area contributed by atoms with Crippen molar-refractivity contribution < 1.29 is 23.8 Å². The quantitative estimate of drug-likeness (QED) is 0.313. The van der Waals surface area contributed by atoms with Crippen molar-refractivity contribution in [3.8, 4) is 17.2 Å². The van der Waals surface area contributed by atoms with Crippen molar-refractivity contribution in [1.82, 2.24) is 4.90 Å². The first-order valence-electron chi connectivity index (χ1n) is 10.9. The van der Waals surface area contributed by atoms with Crippen molar-refractivity contribution in [2.75, 3.05) is 20.3 Å². The summed E-state index contributed by atoms with van der Waals surface area (Å²) in [5, 5.41) is 0.309. The third-order valence-electron chi connectivity index (χ3n) is 5.30. The van der Waals surface area contributed by atoms with Gasteiger partial charge in [-0.2, -0.15) is 0 Å². The van der Waals surface area contributed by atoms with E-state index >= 15 is 0 Å². The number of benzene rings is 3. The Labute approximate surface area is 213 Å². The molecule has 1 saturated heterocycles. The predicted molar refractivity (Wildman–Crippen MR) is 138 cm³/mol. The van der Waals surface area contributed by atoms with E-state index < -0.39 is 0 Å². The maximum Gasteiger partial charge on any atom is 0.293 e. The molecule has 0 saturated carbocycles. The minimum Gasteiger partial charge on any atom is -0.493 e. The Hall–Kier alpha value is -3.42. The number of carbonyl (C=O) groups excluding carboxylic acids is 2. The van der Waals surface area contributed by atoms with Gasteiger partial charge in [-0.05, 0) is 60.7 Å². The lowest BCUT2D eigenvalue weighted by Crippen LogP contribution is -2.32. The topological polar surface area (TPSA) is 65.1 Å². The Morgan fingerprint density at radius 3 is 2.49 bits per heavy atom. The van der Waals surface area contributed by atoms with Gasteiger partial charge in [0.15, 0.2) is 11.5 Å². The zero-order valence-corrected chi connectivity index (χ0v) is 20.9. The number of rotatable bonds is 9. The van der Waals surface area contributed by atoms with Crippen LogP contribution in [0.15, 0.2) is 71.6 Å². The van der Waals surface area contributed by atoms with Gasteiger partial charge in [-0.25, -0.2) is 0 Å². The van der Waals surface area contributed by atoms with E-state index in [1.54, 1.807) is 31.4 Å². The van der Waals surface area contributed by atoms with Crippen molar-refractivity contribution in [3.63, 3.8) is 0 Å². The number of nitrogens with zero attached hydrogens (tertiary/aromatic N) is 1. The van der Waals surface area contributed by atoms with Gasteiger partial charge >= 0.3 is 0 Å². The molecule has 0 N–H and O–H groups in total. The molecule has 0 radical (unpaired) electrons. The molecule has 0 atom stereocenters. The SMILES string of the molecule is COc1cc(/C=C2\SC(=O)N(CCOc3ccc(C)cc3)C2=O)ccc1OCc1ccccc1Cl. The van der Waals surface area contributed by atoms with Gasteiger partial charge in [0.25, 0.3) is 11.1 Å². The summed E-state index contributed by atoms with van der Waals surface area (Å²) in [6, 6.07) is 20.4. The lowest BCUT2D eigenvalue weighted by atomic mass is 10.1. The van der Waals surface area contributed by atoms with E-state index in [9.17, 15) is 9.59 Å². The smallest absolute Gasteiger partial charge is 0.293 e. The molecule has 0 bridgehead atoms.